The number of methoxy groups -OCH3 is 1. The van der Waals surface area contributed by atoms with E-state index < -0.39 is 6.04 Å². The summed E-state index contributed by atoms with van der Waals surface area (Å²) >= 11 is 12.2. The molecule has 2 aromatic rings. The van der Waals surface area contributed by atoms with E-state index in [-0.39, 0.29) is 31.0 Å². The second kappa shape index (κ2) is 12.1. The van der Waals surface area contributed by atoms with Gasteiger partial charge in [0.1, 0.15) is 6.04 Å². The second-order valence-corrected chi connectivity index (χ2v) is 8.94. The van der Waals surface area contributed by atoms with Crippen LogP contribution in [0.2, 0.25) is 10.0 Å². The van der Waals surface area contributed by atoms with E-state index in [1.54, 1.807) is 48.4 Å². The Kier molecular flexibility index (Phi) is 9.27. The van der Waals surface area contributed by atoms with Gasteiger partial charge in [-0.3, -0.25) is 9.59 Å². The first kappa shape index (κ1) is 25.2. The van der Waals surface area contributed by atoms with E-state index in [0.717, 1.165) is 31.2 Å². The van der Waals surface area contributed by atoms with Crippen LogP contribution >= 0.6 is 23.2 Å². The number of rotatable bonds is 10. The number of para-hydroxylation sites is 2. The van der Waals surface area contributed by atoms with Gasteiger partial charge in [0.05, 0.1) is 17.2 Å². The number of amides is 2. The predicted molar refractivity (Wildman–Crippen MR) is 130 cm³/mol. The number of hydrogen-bond donors (Lipinski definition) is 1. The molecule has 2 amide bonds. The van der Waals surface area contributed by atoms with Crippen LogP contribution in [0.5, 0.6) is 11.5 Å². The minimum atomic E-state index is -0.631. The highest BCUT2D eigenvalue weighted by Gasteiger charge is 2.31. The molecule has 0 aliphatic heterocycles. The Labute approximate surface area is 205 Å². The highest BCUT2D eigenvalue weighted by atomic mass is 35.5. The quantitative estimate of drug-likeness (QED) is 0.491. The molecule has 0 radical (unpaired) electrons. The average Bonchev–Trinajstić information content (AvgIpc) is 3.32. The lowest BCUT2D eigenvalue weighted by Gasteiger charge is -2.31. The van der Waals surface area contributed by atoms with Crippen LogP contribution in [0.3, 0.4) is 0 Å². The van der Waals surface area contributed by atoms with E-state index >= 15 is 0 Å². The summed E-state index contributed by atoms with van der Waals surface area (Å²) in [4.78, 5) is 28.0. The van der Waals surface area contributed by atoms with Crippen molar-refractivity contribution < 1.29 is 19.1 Å². The molecule has 3 rings (SSSR count). The van der Waals surface area contributed by atoms with Crippen molar-refractivity contribution in [3.8, 4) is 11.5 Å². The average molecular weight is 493 g/mol. The Morgan fingerprint density at radius 3 is 2.42 bits per heavy atom. The zero-order valence-corrected chi connectivity index (χ0v) is 20.5. The first-order valence-corrected chi connectivity index (χ1v) is 12.0. The molecule has 0 heterocycles. The lowest BCUT2D eigenvalue weighted by Crippen LogP contribution is -2.52. The molecule has 33 heavy (non-hydrogen) atoms. The zero-order chi connectivity index (χ0) is 23.8. The number of ether oxygens (including phenoxy) is 2. The molecule has 2 aromatic carbocycles. The normalized spacial score (nSPS) is 14.5. The molecule has 1 aliphatic carbocycles. The van der Waals surface area contributed by atoms with Crippen molar-refractivity contribution in [3.63, 3.8) is 0 Å². The summed E-state index contributed by atoms with van der Waals surface area (Å²) in [6, 6.07) is 11.9. The molecule has 1 atom stereocenters. The van der Waals surface area contributed by atoms with Crippen molar-refractivity contribution in [2.45, 2.75) is 57.7 Å². The zero-order valence-electron chi connectivity index (χ0n) is 19.0. The molecule has 0 bridgehead atoms. The molecule has 0 spiro atoms. The number of carbonyl (C=O) groups is 2. The van der Waals surface area contributed by atoms with Gasteiger partial charge in [-0.05, 0) is 49.1 Å². The molecule has 6 nitrogen and oxygen atoms in total. The van der Waals surface area contributed by atoms with Gasteiger partial charge < -0.3 is 19.7 Å². The van der Waals surface area contributed by atoms with Crippen LogP contribution in [0, 0.1) is 0 Å². The minimum Gasteiger partial charge on any atom is -0.493 e. The number of hydrogen-bond acceptors (Lipinski definition) is 4. The van der Waals surface area contributed by atoms with Crippen LogP contribution in [0.4, 0.5) is 0 Å². The van der Waals surface area contributed by atoms with Gasteiger partial charge in [-0.25, -0.2) is 0 Å². The Morgan fingerprint density at radius 1 is 1.09 bits per heavy atom. The minimum absolute atomic E-state index is 0.143. The van der Waals surface area contributed by atoms with Crippen molar-refractivity contribution in [1.82, 2.24) is 10.2 Å². The fraction of sp³-hybridized carbons (Fsp3) is 0.440. The van der Waals surface area contributed by atoms with E-state index in [2.05, 4.69) is 5.32 Å². The van der Waals surface area contributed by atoms with E-state index in [0.29, 0.717) is 28.0 Å². The number of halogens is 2. The summed E-state index contributed by atoms with van der Waals surface area (Å²) < 4.78 is 11.1. The van der Waals surface area contributed by atoms with E-state index in [4.69, 9.17) is 32.7 Å². The van der Waals surface area contributed by atoms with E-state index in [1.165, 1.54) is 0 Å². The van der Waals surface area contributed by atoms with Crippen LogP contribution in [0.15, 0.2) is 42.5 Å². The van der Waals surface area contributed by atoms with Crippen LogP contribution in [0.1, 0.15) is 44.6 Å². The van der Waals surface area contributed by atoms with Crippen molar-refractivity contribution in [2.24, 2.45) is 0 Å². The fourth-order valence-corrected chi connectivity index (χ4v) is 4.40. The first-order valence-electron chi connectivity index (χ1n) is 11.2. The Balaban J connectivity index is 1.80. The monoisotopic (exact) mass is 492 g/mol. The molecule has 1 fully saturated rings. The SMILES string of the molecule is CC[C@@H](C(=O)NC1CCCC1)N(Cc1ccc(Cl)c(Cl)c1)C(=O)COc1ccccc1OC. The fourth-order valence-electron chi connectivity index (χ4n) is 4.08. The lowest BCUT2D eigenvalue weighted by atomic mass is 10.1. The number of nitrogens with one attached hydrogen (secondary N) is 1. The highest BCUT2D eigenvalue weighted by Crippen LogP contribution is 2.27. The van der Waals surface area contributed by atoms with Gasteiger partial charge in [0.25, 0.3) is 5.91 Å². The topological polar surface area (TPSA) is 67.9 Å². The van der Waals surface area contributed by atoms with Gasteiger partial charge in [-0.1, -0.05) is 61.2 Å². The highest BCUT2D eigenvalue weighted by molar-refractivity contribution is 6.42. The van der Waals surface area contributed by atoms with Gasteiger partial charge in [0.2, 0.25) is 5.91 Å². The molecule has 0 saturated heterocycles. The first-order chi connectivity index (χ1) is 15.9. The summed E-state index contributed by atoms with van der Waals surface area (Å²) in [5.74, 6) is 0.550. The summed E-state index contributed by atoms with van der Waals surface area (Å²) in [5, 5.41) is 3.96. The van der Waals surface area contributed by atoms with E-state index in [1.807, 2.05) is 13.0 Å². The molecule has 8 heteroatoms. The van der Waals surface area contributed by atoms with Crippen LogP contribution in [0.25, 0.3) is 0 Å². The van der Waals surface area contributed by atoms with Gasteiger partial charge in [-0.2, -0.15) is 0 Å². The van der Waals surface area contributed by atoms with Crippen molar-refractivity contribution in [1.29, 1.82) is 0 Å². The summed E-state index contributed by atoms with van der Waals surface area (Å²) in [7, 11) is 1.54. The molecular weight excluding hydrogens is 463 g/mol. The Morgan fingerprint density at radius 2 is 1.79 bits per heavy atom. The van der Waals surface area contributed by atoms with Crippen molar-refractivity contribution in [3.05, 3.63) is 58.1 Å². The predicted octanol–water partition coefficient (Wildman–Crippen LogP) is 5.25. The van der Waals surface area contributed by atoms with Crippen molar-refractivity contribution in [2.75, 3.05) is 13.7 Å². The van der Waals surface area contributed by atoms with Gasteiger partial charge >= 0.3 is 0 Å². The Hall–Kier alpha value is -2.44. The standard InChI is InChI=1S/C25H30Cl2N2O4/c1-3-21(25(31)28-18-8-4-5-9-18)29(15-17-12-13-19(26)20(27)14-17)24(30)16-33-23-11-7-6-10-22(23)32-2/h6-7,10-14,18,21H,3-5,8-9,15-16H2,1-2H3,(H,28,31)/t21-/m0/s1. The van der Waals surface area contributed by atoms with Crippen molar-refractivity contribution >= 4 is 35.0 Å². The number of benzene rings is 2. The van der Waals surface area contributed by atoms with Gasteiger partial charge in [-0.15, -0.1) is 0 Å². The maximum atomic E-state index is 13.3. The lowest BCUT2D eigenvalue weighted by molar-refractivity contribution is -0.143. The third-order valence-electron chi connectivity index (χ3n) is 5.84. The summed E-state index contributed by atoms with van der Waals surface area (Å²) in [6.07, 6.45) is 4.64. The molecule has 0 unspecified atom stereocenters. The maximum Gasteiger partial charge on any atom is 0.261 e. The molecule has 1 saturated carbocycles. The maximum absolute atomic E-state index is 13.3. The van der Waals surface area contributed by atoms with Gasteiger partial charge in [0, 0.05) is 12.6 Å². The van der Waals surface area contributed by atoms with Crippen LogP contribution in [-0.4, -0.2) is 42.5 Å². The van der Waals surface area contributed by atoms with E-state index in [9.17, 15) is 9.59 Å². The third-order valence-corrected chi connectivity index (χ3v) is 6.58. The summed E-state index contributed by atoms with van der Waals surface area (Å²) in [5.41, 5.74) is 0.780. The number of carbonyl (C=O) groups excluding carboxylic acids is 2. The number of nitrogens with zero attached hydrogens (tertiary/aromatic N) is 1. The molecule has 1 N–H and O–H groups in total. The molecule has 1 aliphatic rings. The smallest absolute Gasteiger partial charge is 0.261 e. The molecule has 0 aromatic heterocycles. The second-order valence-electron chi connectivity index (χ2n) is 8.12. The summed E-state index contributed by atoms with van der Waals surface area (Å²) in [6.45, 7) is 1.88. The molecule has 178 valence electrons. The van der Waals surface area contributed by atoms with Gasteiger partial charge in [0.15, 0.2) is 18.1 Å². The molecular formula is C25H30Cl2N2O4. The van der Waals surface area contributed by atoms with Crippen LogP contribution in [-0.2, 0) is 16.1 Å². The largest absolute Gasteiger partial charge is 0.493 e. The van der Waals surface area contributed by atoms with Crippen LogP contribution < -0.4 is 14.8 Å². The Bertz CT molecular complexity index is 963. The third kappa shape index (κ3) is 6.78.